The molecule has 0 unspecified atom stereocenters. The van der Waals surface area contributed by atoms with E-state index < -0.39 is 0 Å². The lowest BCUT2D eigenvalue weighted by Crippen LogP contribution is -2.17. The second-order valence-electron chi connectivity index (χ2n) is 5.05. The minimum atomic E-state index is -0.212. The maximum Gasteiger partial charge on any atom is 0.271 e. The summed E-state index contributed by atoms with van der Waals surface area (Å²) in [5.41, 5.74) is 6.30. The second-order valence-corrected chi connectivity index (χ2v) is 5.05. The van der Waals surface area contributed by atoms with Gasteiger partial charge in [-0.05, 0) is 36.8 Å². The highest BCUT2D eigenvalue weighted by Gasteiger charge is 2.02. The Labute approximate surface area is 125 Å². The molecule has 0 radical (unpaired) electrons. The third-order valence-corrected chi connectivity index (χ3v) is 3.10. The van der Waals surface area contributed by atoms with Crippen LogP contribution < -0.4 is 10.3 Å². The Balaban J connectivity index is 1.95. The Hall–Kier alpha value is -2.62. The summed E-state index contributed by atoms with van der Waals surface area (Å²) in [6.07, 6.45) is 1.63. The molecule has 4 heteroatoms. The van der Waals surface area contributed by atoms with Crippen LogP contribution in [0.15, 0.2) is 53.6 Å². The first-order valence-electron chi connectivity index (χ1n) is 6.74. The van der Waals surface area contributed by atoms with E-state index in [1.165, 1.54) is 0 Å². The largest absolute Gasteiger partial charge is 0.378 e. The molecular formula is C17H19N3O. The highest BCUT2D eigenvalue weighted by atomic mass is 16.2. The van der Waals surface area contributed by atoms with Crippen molar-refractivity contribution in [1.29, 1.82) is 0 Å². The average Bonchev–Trinajstić information content (AvgIpc) is 2.48. The minimum Gasteiger partial charge on any atom is -0.378 e. The van der Waals surface area contributed by atoms with Crippen LogP contribution in [0.2, 0.25) is 0 Å². The van der Waals surface area contributed by atoms with Crippen molar-refractivity contribution in [3.63, 3.8) is 0 Å². The molecule has 1 N–H and O–H groups in total. The van der Waals surface area contributed by atoms with Crippen molar-refractivity contribution in [2.24, 2.45) is 5.10 Å². The van der Waals surface area contributed by atoms with Gasteiger partial charge in [0.25, 0.3) is 5.91 Å². The van der Waals surface area contributed by atoms with Gasteiger partial charge in [0, 0.05) is 25.3 Å². The smallest absolute Gasteiger partial charge is 0.271 e. The molecule has 21 heavy (non-hydrogen) atoms. The first-order valence-corrected chi connectivity index (χ1v) is 6.74. The summed E-state index contributed by atoms with van der Waals surface area (Å²) in [4.78, 5) is 13.9. The van der Waals surface area contributed by atoms with E-state index in [9.17, 15) is 4.79 Å². The van der Waals surface area contributed by atoms with Gasteiger partial charge in [-0.3, -0.25) is 4.79 Å². The molecule has 0 aliphatic heterocycles. The molecule has 0 heterocycles. The molecule has 0 aliphatic rings. The lowest BCUT2D eigenvalue weighted by atomic mass is 10.1. The van der Waals surface area contributed by atoms with Gasteiger partial charge in [0.15, 0.2) is 0 Å². The molecule has 0 saturated heterocycles. The maximum atomic E-state index is 11.9. The monoisotopic (exact) mass is 281 g/mol. The molecule has 2 rings (SSSR count). The highest BCUT2D eigenvalue weighted by molar-refractivity contribution is 5.94. The Morgan fingerprint density at radius 2 is 1.67 bits per heavy atom. The number of nitrogens with one attached hydrogen (secondary N) is 1. The Morgan fingerprint density at radius 1 is 1.05 bits per heavy atom. The summed E-state index contributed by atoms with van der Waals surface area (Å²) in [6.45, 7) is 1.98. The molecule has 0 spiro atoms. The van der Waals surface area contributed by atoms with Crippen molar-refractivity contribution >= 4 is 17.8 Å². The van der Waals surface area contributed by atoms with Gasteiger partial charge in [0.2, 0.25) is 0 Å². The normalized spacial score (nSPS) is 10.6. The standard InChI is InChI=1S/C17H19N3O/c1-13-4-8-15(9-5-13)17(21)19-18-12-14-6-10-16(11-7-14)20(2)3/h4-12H,1-3H3,(H,19,21)/b18-12-. The fourth-order valence-corrected chi connectivity index (χ4v) is 1.79. The lowest BCUT2D eigenvalue weighted by Gasteiger charge is -2.11. The van der Waals surface area contributed by atoms with Crippen molar-refractivity contribution in [2.75, 3.05) is 19.0 Å². The molecule has 0 saturated carbocycles. The number of carbonyl (C=O) groups excluding carboxylic acids is 1. The van der Waals surface area contributed by atoms with E-state index >= 15 is 0 Å². The number of carbonyl (C=O) groups is 1. The number of anilines is 1. The lowest BCUT2D eigenvalue weighted by molar-refractivity contribution is 0.0955. The fourth-order valence-electron chi connectivity index (χ4n) is 1.79. The zero-order chi connectivity index (χ0) is 15.2. The molecule has 0 aliphatic carbocycles. The Bertz CT molecular complexity index is 628. The van der Waals surface area contributed by atoms with Crippen LogP contribution in [-0.2, 0) is 0 Å². The first kappa shape index (κ1) is 14.8. The predicted octanol–water partition coefficient (Wildman–Crippen LogP) is 2.82. The quantitative estimate of drug-likeness (QED) is 0.692. The molecule has 2 aromatic carbocycles. The molecule has 108 valence electrons. The van der Waals surface area contributed by atoms with Crippen LogP contribution in [0.1, 0.15) is 21.5 Å². The molecule has 0 bridgehead atoms. The van der Waals surface area contributed by atoms with E-state index in [1.54, 1.807) is 18.3 Å². The first-order chi connectivity index (χ1) is 10.1. The van der Waals surface area contributed by atoms with Gasteiger partial charge < -0.3 is 4.90 Å². The third-order valence-electron chi connectivity index (χ3n) is 3.10. The number of rotatable bonds is 4. The fraction of sp³-hybridized carbons (Fsp3) is 0.176. The summed E-state index contributed by atoms with van der Waals surface area (Å²) >= 11 is 0. The van der Waals surface area contributed by atoms with Crippen LogP contribution in [0.3, 0.4) is 0 Å². The Kier molecular flexibility index (Phi) is 4.72. The number of hydrogen-bond donors (Lipinski definition) is 1. The van der Waals surface area contributed by atoms with Gasteiger partial charge >= 0.3 is 0 Å². The predicted molar refractivity (Wildman–Crippen MR) is 87.0 cm³/mol. The number of benzene rings is 2. The Morgan fingerprint density at radius 3 is 2.24 bits per heavy atom. The van der Waals surface area contributed by atoms with Gasteiger partial charge in [-0.1, -0.05) is 29.8 Å². The van der Waals surface area contributed by atoms with Gasteiger partial charge in [0.05, 0.1) is 6.21 Å². The van der Waals surface area contributed by atoms with Crippen LogP contribution >= 0.6 is 0 Å². The number of aryl methyl sites for hydroxylation is 1. The van der Waals surface area contributed by atoms with E-state index in [2.05, 4.69) is 10.5 Å². The number of amides is 1. The second kappa shape index (κ2) is 6.70. The van der Waals surface area contributed by atoms with E-state index in [1.807, 2.05) is 62.3 Å². The van der Waals surface area contributed by atoms with E-state index in [0.29, 0.717) is 5.56 Å². The van der Waals surface area contributed by atoms with Crippen LogP contribution in [0, 0.1) is 6.92 Å². The number of hydrogen-bond acceptors (Lipinski definition) is 3. The van der Waals surface area contributed by atoms with Crippen LogP contribution in [0.25, 0.3) is 0 Å². The van der Waals surface area contributed by atoms with Crippen molar-refractivity contribution in [3.05, 3.63) is 65.2 Å². The van der Waals surface area contributed by atoms with Crippen molar-refractivity contribution in [1.82, 2.24) is 5.43 Å². The summed E-state index contributed by atoms with van der Waals surface area (Å²) in [7, 11) is 3.98. The third kappa shape index (κ3) is 4.18. The topological polar surface area (TPSA) is 44.7 Å². The summed E-state index contributed by atoms with van der Waals surface area (Å²) < 4.78 is 0. The average molecular weight is 281 g/mol. The number of nitrogens with zero attached hydrogens (tertiary/aromatic N) is 2. The molecule has 2 aromatic rings. The van der Waals surface area contributed by atoms with Gasteiger partial charge in [-0.2, -0.15) is 5.10 Å². The highest BCUT2D eigenvalue weighted by Crippen LogP contribution is 2.10. The molecule has 0 atom stereocenters. The van der Waals surface area contributed by atoms with Crippen LogP contribution in [0.5, 0.6) is 0 Å². The molecule has 1 amide bonds. The van der Waals surface area contributed by atoms with E-state index in [0.717, 1.165) is 16.8 Å². The van der Waals surface area contributed by atoms with Crippen LogP contribution in [-0.4, -0.2) is 26.2 Å². The van der Waals surface area contributed by atoms with Crippen molar-refractivity contribution in [3.8, 4) is 0 Å². The van der Waals surface area contributed by atoms with Crippen molar-refractivity contribution < 1.29 is 4.79 Å². The molecule has 4 nitrogen and oxygen atoms in total. The zero-order valence-corrected chi connectivity index (χ0v) is 12.5. The van der Waals surface area contributed by atoms with E-state index in [-0.39, 0.29) is 5.91 Å². The molecular weight excluding hydrogens is 262 g/mol. The minimum absolute atomic E-state index is 0.212. The summed E-state index contributed by atoms with van der Waals surface area (Å²) in [5, 5.41) is 3.98. The SMILES string of the molecule is Cc1ccc(C(=O)N/N=C\c2ccc(N(C)C)cc2)cc1. The molecule has 0 aromatic heterocycles. The van der Waals surface area contributed by atoms with E-state index in [4.69, 9.17) is 0 Å². The summed E-state index contributed by atoms with van der Waals surface area (Å²) in [6, 6.07) is 15.3. The van der Waals surface area contributed by atoms with Crippen molar-refractivity contribution in [2.45, 2.75) is 6.92 Å². The van der Waals surface area contributed by atoms with Gasteiger partial charge in [-0.25, -0.2) is 5.43 Å². The van der Waals surface area contributed by atoms with Crippen LogP contribution in [0.4, 0.5) is 5.69 Å². The zero-order valence-electron chi connectivity index (χ0n) is 12.5. The maximum absolute atomic E-state index is 11.9. The number of hydrazone groups is 1. The summed E-state index contributed by atoms with van der Waals surface area (Å²) in [5.74, 6) is -0.212. The molecule has 0 fully saturated rings. The van der Waals surface area contributed by atoms with Gasteiger partial charge in [-0.15, -0.1) is 0 Å². The van der Waals surface area contributed by atoms with Gasteiger partial charge in [0.1, 0.15) is 0 Å².